The van der Waals surface area contributed by atoms with E-state index in [9.17, 15) is 39.0 Å². The number of nitro groups is 2. The van der Waals surface area contributed by atoms with E-state index in [0.29, 0.717) is 18.1 Å². The molecule has 0 bridgehead atoms. The van der Waals surface area contributed by atoms with Gasteiger partial charge in [0.15, 0.2) is 18.2 Å². The Balaban J connectivity index is 0.000000138. The fraction of sp³-hybridized carbons (Fsp3) is 0.550. The second kappa shape index (κ2) is 18.8. The van der Waals surface area contributed by atoms with Gasteiger partial charge in [-0.05, 0) is 115 Å². The van der Waals surface area contributed by atoms with E-state index in [0.717, 1.165) is 140 Å². The maximum atomic E-state index is 12.1. The Morgan fingerprint density at radius 3 is 1.58 bits per heavy atom. The molecule has 5 saturated heterocycles. The highest BCUT2D eigenvalue weighted by Gasteiger charge is 2.46. The van der Waals surface area contributed by atoms with E-state index in [4.69, 9.17) is 5.73 Å². The van der Waals surface area contributed by atoms with Gasteiger partial charge in [0, 0.05) is 69.8 Å². The van der Waals surface area contributed by atoms with Crippen molar-refractivity contribution in [3.63, 3.8) is 0 Å². The molecule has 5 N–H and O–H groups in total. The number of amides is 2. The van der Waals surface area contributed by atoms with E-state index >= 15 is 0 Å². The molecule has 59 heavy (non-hydrogen) atoms. The number of nitrogens with two attached hydrogens (primary N) is 1. The summed E-state index contributed by atoms with van der Waals surface area (Å²) in [7, 11) is 0. The van der Waals surface area contributed by atoms with Gasteiger partial charge in [0.1, 0.15) is 11.6 Å². The number of piperidine rings is 3. The lowest BCUT2D eigenvalue weighted by molar-refractivity contribution is -0.389. The maximum absolute atomic E-state index is 12.1. The third-order valence-corrected chi connectivity index (χ3v) is 12.3. The van der Waals surface area contributed by atoms with Gasteiger partial charge in [0.2, 0.25) is 11.8 Å². The molecule has 8 heterocycles. The molecule has 5 aliphatic heterocycles. The first kappa shape index (κ1) is 42.7. The van der Waals surface area contributed by atoms with Crippen molar-refractivity contribution in [1.82, 2.24) is 30.9 Å². The Hall–Kier alpha value is -5.85. The van der Waals surface area contributed by atoms with Gasteiger partial charge in [-0.15, -0.1) is 0 Å². The number of hydrogen-bond acceptors (Lipinski definition) is 14. The van der Waals surface area contributed by atoms with E-state index in [2.05, 4.69) is 40.7 Å². The Bertz CT molecular complexity index is 1970. The van der Waals surface area contributed by atoms with Crippen LogP contribution in [0.3, 0.4) is 0 Å². The van der Waals surface area contributed by atoms with Gasteiger partial charge < -0.3 is 51.7 Å². The minimum atomic E-state index is -0.681. The molecule has 3 unspecified atom stereocenters. The van der Waals surface area contributed by atoms with Gasteiger partial charge in [0.25, 0.3) is 0 Å². The molecular formula is C40H52FN11O7. The highest BCUT2D eigenvalue weighted by atomic mass is 19.1. The lowest BCUT2D eigenvalue weighted by atomic mass is 9.78. The number of nitrogens with one attached hydrogen (secondary N) is 3. The van der Waals surface area contributed by atoms with Crippen molar-refractivity contribution in [1.29, 1.82) is 0 Å². The van der Waals surface area contributed by atoms with Crippen molar-refractivity contribution < 1.29 is 28.6 Å². The van der Waals surface area contributed by atoms with Crippen LogP contribution in [-0.2, 0) is 14.4 Å². The number of pyridine rings is 3. The SMILES string of the molecule is Nc1ccc(N2CCCC3(CCNC3=O)C2)cn1.O=C1CCCC12CCCNC2.O=C1NCCC12CCCN(c1ccc([N+](=O)[O-])nc1)C2.O=[N+]([O-])c1ccc(F)cn1. The number of carbonyl (C=O) groups excluding carboxylic acids is 3. The molecule has 2 amide bonds. The molecule has 6 fully saturated rings. The van der Waals surface area contributed by atoms with Gasteiger partial charge in [-0.25, -0.2) is 9.37 Å². The number of halogens is 1. The summed E-state index contributed by atoms with van der Waals surface area (Å²) < 4.78 is 12.1. The second-order valence-electron chi connectivity index (χ2n) is 16.1. The zero-order valence-electron chi connectivity index (χ0n) is 33.1. The quantitative estimate of drug-likeness (QED) is 0.214. The topological polar surface area (TPSA) is 245 Å². The molecular weight excluding hydrogens is 766 g/mol. The molecule has 3 atom stereocenters. The van der Waals surface area contributed by atoms with Crippen molar-refractivity contribution in [3.05, 3.63) is 81.0 Å². The van der Waals surface area contributed by atoms with Crippen molar-refractivity contribution in [2.45, 2.75) is 70.6 Å². The highest BCUT2D eigenvalue weighted by Crippen LogP contribution is 2.41. The zero-order chi connectivity index (χ0) is 42.0. The molecule has 0 aromatic carbocycles. The Morgan fingerprint density at radius 2 is 1.17 bits per heavy atom. The van der Waals surface area contributed by atoms with Crippen molar-refractivity contribution in [2.24, 2.45) is 16.2 Å². The fourth-order valence-corrected chi connectivity index (χ4v) is 9.06. The minimum Gasteiger partial charge on any atom is -0.384 e. The predicted molar refractivity (Wildman–Crippen MR) is 217 cm³/mol. The summed E-state index contributed by atoms with van der Waals surface area (Å²) in [6, 6.07) is 8.91. The number of nitrogen functional groups attached to an aromatic ring is 1. The van der Waals surface area contributed by atoms with E-state index in [1.807, 2.05) is 12.1 Å². The molecule has 1 saturated carbocycles. The zero-order valence-corrected chi connectivity index (χ0v) is 33.1. The molecule has 9 rings (SSSR count). The lowest BCUT2D eigenvalue weighted by Gasteiger charge is -2.39. The summed E-state index contributed by atoms with van der Waals surface area (Å²) in [5.41, 5.74) is 7.11. The first-order valence-corrected chi connectivity index (χ1v) is 20.2. The van der Waals surface area contributed by atoms with Crippen LogP contribution in [0.1, 0.15) is 70.6 Å². The number of nitrogens with zero attached hydrogens (tertiary/aromatic N) is 7. The van der Waals surface area contributed by atoms with E-state index < -0.39 is 15.7 Å². The van der Waals surface area contributed by atoms with Gasteiger partial charge in [-0.2, -0.15) is 0 Å². The van der Waals surface area contributed by atoms with Crippen LogP contribution in [0.25, 0.3) is 0 Å². The standard InChI is InChI=1S/C13H16N4O3.C13H18N4O.C9H15NO.C5H3FN2O2/c18-12-13(5-6-14-12)4-1-7-16(9-13)10-2-3-11(15-8-10)17(19)20;14-11-3-2-10(8-16-11)17-7-1-4-13(9-17)5-6-15-12(13)18;11-8-3-1-4-9(8)5-2-6-10-7-9;6-4-1-2-5(7-3-4)8(9)10/h2-3,8H,1,4-7,9H2,(H,14,18);2-3,8H,1,4-7,9H2,(H2,14,16)(H,15,18);10H,1-7H2;1-3H. The van der Waals surface area contributed by atoms with E-state index in [1.54, 1.807) is 12.3 Å². The van der Waals surface area contributed by atoms with Crippen molar-refractivity contribution in [3.8, 4) is 0 Å². The average Bonchev–Trinajstić information content (AvgIpc) is 3.90. The maximum Gasteiger partial charge on any atom is 0.363 e. The summed E-state index contributed by atoms with van der Waals surface area (Å²) in [5.74, 6) is 0.326. The Labute approximate surface area is 341 Å². The van der Waals surface area contributed by atoms with Crippen LogP contribution in [0.4, 0.5) is 33.2 Å². The fourth-order valence-electron chi connectivity index (χ4n) is 9.06. The number of anilines is 3. The molecule has 316 valence electrons. The Morgan fingerprint density at radius 1 is 0.644 bits per heavy atom. The van der Waals surface area contributed by atoms with Gasteiger partial charge in [0.05, 0.1) is 28.4 Å². The van der Waals surface area contributed by atoms with Crippen LogP contribution in [-0.4, -0.2) is 94.8 Å². The molecule has 1 aliphatic carbocycles. The van der Waals surface area contributed by atoms with Gasteiger partial charge in [-0.3, -0.25) is 14.4 Å². The minimum absolute atomic E-state index is 0.0816. The highest BCUT2D eigenvalue weighted by molar-refractivity contribution is 5.87. The number of ketones is 1. The van der Waals surface area contributed by atoms with Crippen LogP contribution >= 0.6 is 0 Å². The number of Topliss-reactive ketones (excluding diaryl/α,β-unsaturated/α-hetero) is 1. The largest absolute Gasteiger partial charge is 0.384 e. The second-order valence-corrected chi connectivity index (χ2v) is 16.1. The molecule has 3 aromatic heterocycles. The van der Waals surface area contributed by atoms with Crippen LogP contribution in [0.5, 0.6) is 0 Å². The van der Waals surface area contributed by atoms with Gasteiger partial charge in [-0.1, -0.05) is 0 Å². The predicted octanol–water partition coefficient (Wildman–Crippen LogP) is 4.10. The van der Waals surface area contributed by atoms with Crippen molar-refractivity contribution >= 4 is 46.4 Å². The molecule has 3 spiro atoms. The summed E-state index contributed by atoms with van der Waals surface area (Å²) in [6.45, 7) is 6.91. The molecule has 3 aromatic rings. The normalized spacial score (nSPS) is 25.9. The molecule has 6 aliphatic rings. The first-order chi connectivity index (χ1) is 28.3. The molecule has 18 nitrogen and oxygen atoms in total. The summed E-state index contributed by atoms with van der Waals surface area (Å²) in [6.07, 6.45) is 15.3. The lowest BCUT2D eigenvalue weighted by Crippen LogP contribution is -2.47. The van der Waals surface area contributed by atoms with Crippen molar-refractivity contribution in [2.75, 3.05) is 67.9 Å². The number of carbonyl (C=O) groups is 3. The van der Waals surface area contributed by atoms with Crippen LogP contribution in [0, 0.1) is 42.3 Å². The summed E-state index contributed by atoms with van der Waals surface area (Å²) in [4.78, 5) is 70.4. The average molecular weight is 818 g/mol. The molecule has 19 heteroatoms. The van der Waals surface area contributed by atoms with E-state index in [-0.39, 0.29) is 39.7 Å². The summed E-state index contributed by atoms with van der Waals surface area (Å²) >= 11 is 0. The third-order valence-electron chi connectivity index (χ3n) is 12.3. The van der Waals surface area contributed by atoms with E-state index in [1.165, 1.54) is 18.7 Å². The summed E-state index contributed by atoms with van der Waals surface area (Å²) in [5, 5.41) is 29.7. The van der Waals surface area contributed by atoms with Crippen LogP contribution in [0.15, 0.2) is 55.0 Å². The first-order valence-electron chi connectivity index (χ1n) is 20.2. The van der Waals surface area contributed by atoms with Crippen LogP contribution < -0.4 is 31.5 Å². The molecule has 0 radical (unpaired) electrons. The Kier molecular flexibility index (Phi) is 13.6. The number of aromatic nitrogens is 3. The monoisotopic (exact) mass is 817 g/mol. The number of hydrogen-bond donors (Lipinski definition) is 4. The number of rotatable bonds is 4. The third kappa shape index (κ3) is 10.2. The van der Waals surface area contributed by atoms with Crippen LogP contribution in [0.2, 0.25) is 0 Å². The van der Waals surface area contributed by atoms with Gasteiger partial charge >= 0.3 is 11.6 Å². The smallest absolute Gasteiger partial charge is 0.363 e.